The van der Waals surface area contributed by atoms with Crippen LogP contribution in [0.4, 0.5) is 5.69 Å². The van der Waals surface area contributed by atoms with Crippen LogP contribution in [-0.4, -0.2) is 72.0 Å². The van der Waals surface area contributed by atoms with Crippen LogP contribution in [0.3, 0.4) is 0 Å². The number of amides is 3. The molecule has 26 heavy (non-hydrogen) atoms. The van der Waals surface area contributed by atoms with Crippen molar-refractivity contribution >= 4 is 23.4 Å². The molecule has 140 valence electrons. The quantitative estimate of drug-likeness (QED) is 0.796. The number of carbonyl (C=O) groups is 3. The van der Waals surface area contributed by atoms with Gasteiger partial charge in [0, 0.05) is 38.9 Å². The maximum absolute atomic E-state index is 12.7. The van der Waals surface area contributed by atoms with Crippen LogP contribution in [0.1, 0.15) is 19.3 Å². The average Bonchev–Trinajstić information content (AvgIpc) is 3.13. The van der Waals surface area contributed by atoms with Gasteiger partial charge in [0.2, 0.25) is 5.91 Å². The van der Waals surface area contributed by atoms with Gasteiger partial charge in [-0.3, -0.25) is 14.4 Å². The van der Waals surface area contributed by atoms with Gasteiger partial charge in [0.1, 0.15) is 0 Å². The number of anilines is 1. The van der Waals surface area contributed by atoms with Gasteiger partial charge in [-0.15, -0.1) is 0 Å². The van der Waals surface area contributed by atoms with Crippen LogP contribution in [0.15, 0.2) is 30.3 Å². The molecule has 0 aromatic heterocycles. The van der Waals surface area contributed by atoms with Gasteiger partial charge >= 0.3 is 11.8 Å². The molecule has 1 heterocycles. The summed E-state index contributed by atoms with van der Waals surface area (Å²) in [6, 6.07) is 9.28. The summed E-state index contributed by atoms with van der Waals surface area (Å²) in [5.41, 5.74) is 0.807. The standard InChI is InChI=1S/C19H25N3O4/c1-20(14-6-4-3-5-7-14)17(24)13-8-9-22(12-13)19(26)18(25)21(2)15-10-16(23)11-15/h3-7,13,15-16,23H,8-12H2,1-2H3. The highest BCUT2D eigenvalue weighted by Crippen LogP contribution is 2.26. The lowest BCUT2D eigenvalue weighted by Gasteiger charge is -2.38. The van der Waals surface area contributed by atoms with Crippen LogP contribution in [0, 0.1) is 5.92 Å². The molecule has 1 aromatic rings. The van der Waals surface area contributed by atoms with E-state index in [0.29, 0.717) is 25.8 Å². The SMILES string of the molecule is CN(C(=O)C1CCN(C(=O)C(=O)N(C)C2CC(O)C2)C1)c1ccccc1. The zero-order valence-electron chi connectivity index (χ0n) is 15.2. The van der Waals surface area contributed by atoms with Crippen LogP contribution in [0.2, 0.25) is 0 Å². The van der Waals surface area contributed by atoms with Crippen LogP contribution in [0.5, 0.6) is 0 Å². The number of hydrogen-bond acceptors (Lipinski definition) is 4. The lowest BCUT2D eigenvalue weighted by Crippen LogP contribution is -2.52. The molecule has 1 atom stereocenters. The first-order valence-electron chi connectivity index (χ1n) is 8.95. The fraction of sp³-hybridized carbons (Fsp3) is 0.526. The number of hydrogen-bond donors (Lipinski definition) is 1. The summed E-state index contributed by atoms with van der Waals surface area (Å²) in [5, 5.41) is 9.37. The molecular weight excluding hydrogens is 334 g/mol. The Bertz CT molecular complexity index is 687. The molecule has 7 heteroatoms. The highest BCUT2D eigenvalue weighted by molar-refractivity contribution is 6.35. The Morgan fingerprint density at radius 1 is 1.12 bits per heavy atom. The fourth-order valence-corrected chi connectivity index (χ4v) is 3.53. The second-order valence-corrected chi connectivity index (χ2v) is 7.16. The maximum Gasteiger partial charge on any atom is 0.312 e. The number of likely N-dealkylation sites (tertiary alicyclic amines) is 1. The molecule has 0 radical (unpaired) electrons. The average molecular weight is 359 g/mol. The molecule has 1 aromatic carbocycles. The van der Waals surface area contributed by atoms with E-state index in [0.717, 1.165) is 5.69 Å². The Morgan fingerprint density at radius 3 is 2.38 bits per heavy atom. The number of likely N-dealkylation sites (N-methyl/N-ethyl adjacent to an activating group) is 1. The molecule has 1 aliphatic heterocycles. The summed E-state index contributed by atoms with van der Waals surface area (Å²) in [5.74, 6) is -1.47. The maximum atomic E-state index is 12.7. The molecular formula is C19H25N3O4. The van der Waals surface area contributed by atoms with Crippen LogP contribution in [-0.2, 0) is 14.4 Å². The fourth-order valence-electron chi connectivity index (χ4n) is 3.53. The van der Waals surface area contributed by atoms with Crippen molar-refractivity contribution in [2.75, 3.05) is 32.1 Å². The minimum absolute atomic E-state index is 0.0468. The third-order valence-electron chi connectivity index (χ3n) is 5.44. The van der Waals surface area contributed by atoms with Gasteiger partial charge in [-0.2, -0.15) is 0 Å². The van der Waals surface area contributed by atoms with Gasteiger partial charge in [0.25, 0.3) is 0 Å². The first-order valence-corrected chi connectivity index (χ1v) is 8.95. The van der Waals surface area contributed by atoms with Gasteiger partial charge in [0.05, 0.1) is 12.0 Å². The minimum atomic E-state index is -0.564. The second-order valence-electron chi connectivity index (χ2n) is 7.16. The van der Waals surface area contributed by atoms with Crippen molar-refractivity contribution in [3.63, 3.8) is 0 Å². The number of benzene rings is 1. The van der Waals surface area contributed by atoms with Crippen molar-refractivity contribution in [2.45, 2.75) is 31.4 Å². The van der Waals surface area contributed by atoms with Gasteiger partial charge in [0.15, 0.2) is 0 Å². The molecule has 1 saturated heterocycles. The Morgan fingerprint density at radius 2 is 1.77 bits per heavy atom. The third kappa shape index (κ3) is 3.58. The van der Waals surface area contributed by atoms with E-state index < -0.39 is 11.8 Å². The van der Waals surface area contributed by atoms with Gasteiger partial charge in [-0.25, -0.2) is 0 Å². The number of aliphatic hydroxyl groups excluding tert-OH is 1. The summed E-state index contributed by atoms with van der Waals surface area (Å²) in [7, 11) is 3.32. The van der Waals surface area contributed by atoms with Crippen LogP contribution in [0.25, 0.3) is 0 Å². The summed E-state index contributed by atoms with van der Waals surface area (Å²) in [4.78, 5) is 42.0. The molecule has 7 nitrogen and oxygen atoms in total. The summed E-state index contributed by atoms with van der Waals surface area (Å²) in [6.07, 6.45) is 1.20. The van der Waals surface area contributed by atoms with Crippen molar-refractivity contribution in [2.24, 2.45) is 5.92 Å². The first kappa shape index (κ1) is 18.4. The van der Waals surface area contributed by atoms with Gasteiger partial charge in [-0.05, 0) is 31.4 Å². The van der Waals surface area contributed by atoms with E-state index in [1.807, 2.05) is 30.3 Å². The van der Waals surface area contributed by atoms with Crippen molar-refractivity contribution < 1.29 is 19.5 Å². The summed E-state index contributed by atoms with van der Waals surface area (Å²) < 4.78 is 0. The number of nitrogens with zero attached hydrogens (tertiary/aromatic N) is 3. The number of para-hydroxylation sites is 1. The lowest BCUT2D eigenvalue weighted by molar-refractivity contribution is -0.154. The Balaban J connectivity index is 1.56. The highest BCUT2D eigenvalue weighted by Gasteiger charge is 2.39. The number of aliphatic hydroxyl groups is 1. The van der Waals surface area contributed by atoms with Crippen molar-refractivity contribution in [3.05, 3.63) is 30.3 Å². The summed E-state index contributed by atoms with van der Waals surface area (Å²) in [6.45, 7) is 0.673. The second kappa shape index (κ2) is 7.45. The topological polar surface area (TPSA) is 81.2 Å². The predicted molar refractivity (Wildman–Crippen MR) is 96.3 cm³/mol. The zero-order valence-corrected chi connectivity index (χ0v) is 15.2. The third-order valence-corrected chi connectivity index (χ3v) is 5.44. The van der Waals surface area contributed by atoms with Crippen molar-refractivity contribution in [1.29, 1.82) is 0 Å². The molecule has 0 bridgehead atoms. The van der Waals surface area contributed by atoms with E-state index >= 15 is 0 Å². The van der Waals surface area contributed by atoms with Crippen molar-refractivity contribution in [3.8, 4) is 0 Å². The molecule has 3 rings (SSSR count). The van der Waals surface area contributed by atoms with E-state index in [-0.39, 0.29) is 30.5 Å². The molecule has 0 spiro atoms. The predicted octanol–water partition coefficient (Wildman–Crippen LogP) is 0.480. The lowest BCUT2D eigenvalue weighted by atomic mass is 9.88. The van der Waals surface area contributed by atoms with E-state index in [9.17, 15) is 19.5 Å². The molecule has 1 unspecified atom stereocenters. The largest absolute Gasteiger partial charge is 0.393 e. The van der Waals surface area contributed by atoms with E-state index in [2.05, 4.69) is 0 Å². The smallest absolute Gasteiger partial charge is 0.312 e. The Kier molecular flexibility index (Phi) is 5.27. The number of rotatable bonds is 3. The van der Waals surface area contributed by atoms with E-state index in [1.54, 1.807) is 19.0 Å². The Hall–Kier alpha value is -2.41. The molecule has 1 saturated carbocycles. The first-order chi connectivity index (χ1) is 12.4. The van der Waals surface area contributed by atoms with E-state index in [1.165, 1.54) is 9.80 Å². The molecule has 1 N–H and O–H groups in total. The van der Waals surface area contributed by atoms with Gasteiger partial charge in [-0.1, -0.05) is 18.2 Å². The molecule has 2 aliphatic rings. The zero-order chi connectivity index (χ0) is 18.8. The molecule has 2 fully saturated rings. The van der Waals surface area contributed by atoms with Crippen LogP contribution < -0.4 is 4.90 Å². The van der Waals surface area contributed by atoms with E-state index in [4.69, 9.17) is 0 Å². The number of carbonyl (C=O) groups excluding carboxylic acids is 3. The van der Waals surface area contributed by atoms with Crippen LogP contribution >= 0.6 is 0 Å². The summed E-state index contributed by atoms with van der Waals surface area (Å²) >= 11 is 0. The normalized spacial score (nSPS) is 24.7. The monoisotopic (exact) mass is 359 g/mol. The molecule has 1 aliphatic carbocycles. The highest BCUT2D eigenvalue weighted by atomic mass is 16.3. The minimum Gasteiger partial charge on any atom is -0.393 e. The molecule has 3 amide bonds. The van der Waals surface area contributed by atoms with Crippen molar-refractivity contribution in [1.82, 2.24) is 9.80 Å². The Labute approximate surface area is 153 Å². The van der Waals surface area contributed by atoms with Gasteiger partial charge < -0.3 is 19.8 Å².